The number of thioether (sulfide) groups is 1. The lowest BCUT2D eigenvalue weighted by Crippen LogP contribution is -1.89. The summed E-state index contributed by atoms with van der Waals surface area (Å²) in [5, 5.41) is 16.1. The van der Waals surface area contributed by atoms with Crippen molar-refractivity contribution in [2.45, 2.75) is 23.4 Å². The topological polar surface area (TPSA) is 86.0 Å². The Morgan fingerprint density at radius 3 is 2.70 bits per heavy atom. The highest BCUT2D eigenvalue weighted by Crippen LogP contribution is 2.37. The molecule has 120 valence electrons. The molecule has 3 aromatic rings. The summed E-state index contributed by atoms with van der Waals surface area (Å²) < 4.78 is 11.1. The highest BCUT2D eigenvalue weighted by Gasteiger charge is 2.17. The molecule has 0 saturated carbocycles. The maximum Gasteiger partial charge on any atom is 0.239 e. The summed E-state index contributed by atoms with van der Waals surface area (Å²) in [7, 11) is 1.64. The second-order valence-electron chi connectivity index (χ2n) is 4.67. The van der Waals surface area contributed by atoms with Gasteiger partial charge in [0.1, 0.15) is 5.75 Å². The van der Waals surface area contributed by atoms with Gasteiger partial charge < -0.3 is 14.6 Å². The number of methoxy groups -OCH3 is 1. The van der Waals surface area contributed by atoms with Gasteiger partial charge in [-0.15, -0.1) is 10.2 Å². The van der Waals surface area contributed by atoms with Gasteiger partial charge in [0.05, 0.1) is 12.4 Å². The van der Waals surface area contributed by atoms with E-state index in [0.29, 0.717) is 11.7 Å². The molecule has 9 heteroatoms. The van der Waals surface area contributed by atoms with Gasteiger partial charge in [0.15, 0.2) is 10.2 Å². The maximum absolute atomic E-state index is 5.17. The lowest BCUT2D eigenvalue weighted by atomic mass is 10.3. The van der Waals surface area contributed by atoms with Gasteiger partial charge in [0, 0.05) is 5.69 Å². The summed E-state index contributed by atoms with van der Waals surface area (Å²) in [6.07, 6.45) is 0. The molecule has 1 aromatic carbocycles. The van der Waals surface area contributed by atoms with Crippen LogP contribution >= 0.6 is 23.1 Å². The molecule has 0 saturated heterocycles. The van der Waals surface area contributed by atoms with E-state index in [1.165, 1.54) is 23.1 Å². The van der Waals surface area contributed by atoms with E-state index >= 15 is 0 Å². The molecule has 23 heavy (non-hydrogen) atoms. The van der Waals surface area contributed by atoms with Crippen LogP contribution < -0.4 is 10.1 Å². The Kier molecular flexibility index (Phi) is 4.77. The minimum Gasteiger partial charge on any atom is -0.497 e. The quantitative estimate of drug-likeness (QED) is 0.672. The van der Waals surface area contributed by atoms with Crippen molar-refractivity contribution in [2.24, 2.45) is 0 Å². The molecule has 0 fully saturated rings. The number of rotatable bonds is 6. The highest BCUT2D eigenvalue weighted by molar-refractivity contribution is 8.01. The zero-order chi connectivity index (χ0) is 16.2. The second-order valence-corrected chi connectivity index (χ2v) is 7.23. The summed E-state index contributed by atoms with van der Waals surface area (Å²) in [4.78, 5) is 4.23. The molecular weight excluding hydrogens is 334 g/mol. The Morgan fingerprint density at radius 2 is 2.04 bits per heavy atom. The van der Waals surface area contributed by atoms with Crippen molar-refractivity contribution in [3.63, 3.8) is 0 Å². The number of nitrogens with zero attached hydrogens (tertiary/aromatic N) is 4. The van der Waals surface area contributed by atoms with Gasteiger partial charge >= 0.3 is 0 Å². The lowest BCUT2D eigenvalue weighted by Gasteiger charge is -2.03. The average Bonchev–Trinajstić information content (AvgIpc) is 3.17. The first-order valence-electron chi connectivity index (χ1n) is 6.85. The van der Waals surface area contributed by atoms with Crippen LogP contribution in [0.5, 0.6) is 5.75 Å². The molecule has 0 spiro atoms. The second kappa shape index (κ2) is 6.97. The molecule has 7 nitrogen and oxygen atoms in total. The summed E-state index contributed by atoms with van der Waals surface area (Å²) >= 11 is 3.01. The number of aryl methyl sites for hydroxylation is 1. The van der Waals surface area contributed by atoms with Crippen molar-refractivity contribution < 1.29 is 9.26 Å². The SMILES string of the molecule is COc1ccc(Nc2nnc(SC(C)c3nc(C)no3)s2)cc1. The summed E-state index contributed by atoms with van der Waals surface area (Å²) in [6, 6.07) is 7.63. The van der Waals surface area contributed by atoms with E-state index in [2.05, 4.69) is 25.7 Å². The number of aromatic nitrogens is 4. The Morgan fingerprint density at radius 1 is 1.26 bits per heavy atom. The van der Waals surface area contributed by atoms with E-state index in [-0.39, 0.29) is 5.25 Å². The van der Waals surface area contributed by atoms with E-state index in [0.717, 1.165) is 20.9 Å². The summed E-state index contributed by atoms with van der Waals surface area (Å²) in [6.45, 7) is 3.79. The maximum atomic E-state index is 5.17. The predicted octanol–water partition coefficient (Wildman–Crippen LogP) is 3.84. The average molecular weight is 349 g/mol. The van der Waals surface area contributed by atoms with E-state index in [1.807, 2.05) is 31.2 Å². The Labute approximate surface area is 141 Å². The molecule has 0 aliphatic heterocycles. The Hall–Kier alpha value is -2.13. The van der Waals surface area contributed by atoms with E-state index in [1.54, 1.807) is 14.0 Å². The van der Waals surface area contributed by atoms with Crippen LogP contribution in [0.4, 0.5) is 10.8 Å². The van der Waals surface area contributed by atoms with Crippen LogP contribution in [0.3, 0.4) is 0 Å². The Bertz CT molecular complexity index is 772. The first kappa shape index (κ1) is 15.8. The zero-order valence-electron chi connectivity index (χ0n) is 12.8. The molecule has 3 rings (SSSR count). The minimum absolute atomic E-state index is 0.0259. The number of hydrogen-bond donors (Lipinski definition) is 1. The lowest BCUT2D eigenvalue weighted by molar-refractivity contribution is 0.376. The molecule has 1 unspecified atom stereocenters. The van der Waals surface area contributed by atoms with E-state index < -0.39 is 0 Å². The van der Waals surface area contributed by atoms with Crippen molar-refractivity contribution in [3.8, 4) is 5.75 Å². The van der Waals surface area contributed by atoms with Crippen LogP contribution in [0, 0.1) is 6.92 Å². The van der Waals surface area contributed by atoms with Crippen molar-refractivity contribution >= 4 is 33.9 Å². The summed E-state index contributed by atoms with van der Waals surface area (Å²) in [5.74, 6) is 2.03. The monoisotopic (exact) mass is 349 g/mol. The van der Waals surface area contributed by atoms with Crippen molar-refractivity contribution in [1.29, 1.82) is 0 Å². The van der Waals surface area contributed by atoms with Crippen LogP contribution in [0.2, 0.25) is 0 Å². The third-order valence-corrected chi connectivity index (χ3v) is 4.93. The number of anilines is 2. The smallest absolute Gasteiger partial charge is 0.239 e. The minimum atomic E-state index is 0.0259. The predicted molar refractivity (Wildman–Crippen MR) is 89.5 cm³/mol. The molecular formula is C14H15N5O2S2. The fourth-order valence-corrected chi connectivity index (χ4v) is 3.73. The molecule has 0 aliphatic rings. The molecule has 0 aliphatic carbocycles. The third kappa shape index (κ3) is 3.99. The summed E-state index contributed by atoms with van der Waals surface area (Å²) in [5.41, 5.74) is 0.930. The standard InChI is InChI=1S/C14H15N5O2S2/c1-8(12-15-9(2)19-21-12)22-14-18-17-13(23-14)16-10-4-6-11(20-3)7-5-10/h4-8H,1-3H3,(H,16,17). The number of hydrogen-bond acceptors (Lipinski definition) is 9. The van der Waals surface area contributed by atoms with Crippen LogP contribution in [0.1, 0.15) is 23.9 Å². The van der Waals surface area contributed by atoms with Crippen molar-refractivity contribution in [2.75, 3.05) is 12.4 Å². The van der Waals surface area contributed by atoms with Crippen LogP contribution in [0.15, 0.2) is 33.1 Å². The van der Waals surface area contributed by atoms with Gasteiger partial charge in [0.2, 0.25) is 11.0 Å². The third-order valence-electron chi connectivity index (χ3n) is 2.92. The molecule has 2 heterocycles. The van der Waals surface area contributed by atoms with Gasteiger partial charge in [-0.2, -0.15) is 4.98 Å². The van der Waals surface area contributed by atoms with E-state index in [9.17, 15) is 0 Å². The molecule has 1 atom stereocenters. The molecule has 1 N–H and O–H groups in total. The molecule has 0 bridgehead atoms. The number of ether oxygens (including phenoxy) is 1. The van der Waals surface area contributed by atoms with Crippen molar-refractivity contribution in [3.05, 3.63) is 36.0 Å². The Balaban J connectivity index is 1.63. The van der Waals surface area contributed by atoms with Gasteiger partial charge in [0.25, 0.3) is 0 Å². The van der Waals surface area contributed by atoms with Gasteiger partial charge in [-0.1, -0.05) is 28.3 Å². The van der Waals surface area contributed by atoms with Crippen molar-refractivity contribution in [1.82, 2.24) is 20.3 Å². The van der Waals surface area contributed by atoms with Crippen LogP contribution in [-0.4, -0.2) is 27.4 Å². The van der Waals surface area contributed by atoms with Gasteiger partial charge in [-0.3, -0.25) is 0 Å². The number of benzene rings is 1. The van der Waals surface area contributed by atoms with E-state index in [4.69, 9.17) is 9.26 Å². The molecule has 0 amide bonds. The molecule has 2 aromatic heterocycles. The fourth-order valence-electron chi connectivity index (χ4n) is 1.79. The first-order chi connectivity index (χ1) is 11.1. The largest absolute Gasteiger partial charge is 0.497 e. The normalized spacial score (nSPS) is 12.1. The van der Waals surface area contributed by atoms with Crippen LogP contribution in [0.25, 0.3) is 0 Å². The number of nitrogens with one attached hydrogen (secondary N) is 1. The van der Waals surface area contributed by atoms with Gasteiger partial charge in [-0.25, -0.2) is 0 Å². The first-order valence-corrected chi connectivity index (χ1v) is 8.55. The molecule has 0 radical (unpaired) electrons. The van der Waals surface area contributed by atoms with Gasteiger partial charge in [-0.05, 0) is 38.1 Å². The highest BCUT2D eigenvalue weighted by atomic mass is 32.2. The fraction of sp³-hybridized carbons (Fsp3) is 0.286. The zero-order valence-corrected chi connectivity index (χ0v) is 14.4. The van der Waals surface area contributed by atoms with Crippen LogP contribution in [-0.2, 0) is 0 Å².